The Morgan fingerprint density at radius 1 is 0.160 bits per heavy atom. The van der Waals surface area contributed by atoms with Crippen LogP contribution < -0.4 is 0 Å². The van der Waals surface area contributed by atoms with Crippen LogP contribution in [0.3, 0.4) is 0 Å². The molecular formula is C137H91N7. The van der Waals surface area contributed by atoms with E-state index in [-0.39, 0.29) is 16.2 Å². The third-order valence-corrected chi connectivity index (χ3v) is 33.3. The fraction of sp³-hybridized carbons (Fsp3) is 0.0657. The number of hydrogen-bond donors (Lipinski definition) is 0. The number of rotatable bonds is 11. The van der Waals surface area contributed by atoms with E-state index in [1.54, 1.807) is 0 Å². The van der Waals surface area contributed by atoms with Gasteiger partial charge >= 0.3 is 0 Å². The number of benzene rings is 21. The second kappa shape index (κ2) is 29.5. The fourth-order valence-electron chi connectivity index (χ4n) is 26.4. The summed E-state index contributed by atoms with van der Waals surface area (Å²) in [6.07, 6.45) is 0. The van der Waals surface area contributed by atoms with Crippen LogP contribution in [0.5, 0.6) is 0 Å². The van der Waals surface area contributed by atoms with Crippen molar-refractivity contribution in [3.05, 3.63) is 476 Å². The molecule has 0 fully saturated rings. The number of nitrogens with zero attached hydrogens (tertiary/aromatic N) is 7. The molecule has 4 aliphatic rings. The van der Waals surface area contributed by atoms with Crippen molar-refractivity contribution < 1.29 is 0 Å². The van der Waals surface area contributed by atoms with E-state index < -0.39 is 0 Å². The minimum absolute atomic E-state index is 0.107. The molecular weight excluding hydrogens is 1740 g/mol. The van der Waals surface area contributed by atoms with Crippen LogP contribution in [-0.2, 0) is 16.2 Å². The van der Waals surface area contributed by atoms with Crippen molar-refractivity contribution in [2.24, 2.45) is 0 Å². The number of aromatic nitrogens is 7. The maximum Gasteiger partial charge on any atom is 0.160 e. The zero-order chi connectivity index (χ0) is 95.2. The summed E-state index contributed by atoms with van der Waals surface area (Å²) in [5, 5.41) is 14.5. The summed E-state index contributed by atoms with van der Waals surface area (Å²) in [5.41, 5.74) is 49.4. The van der Waals surface area contributed by atoms with E-state index in [1.807, 2.05) is 0 Å². The molecule has 674 valence electrons. The van der Waals surface area contributed by atoms with Crippen LogP contribution in [0.2, 0.25) is 0 Å². The van der Waals surface area contributed by atoms with Crippen molar-refractivity contribution in [2.45, 2.75) is 57.8 Å². The van der Waals surface area contributed by atoms with Gasteiger partial charge in [-0.15, -0.1) is 0 Å². The van der Waals surface area contributed by atoms with Gasteiger partial charge in [0.2, 0.25) is 0 Å². The van der Waals surface area contributed by atoms with E-state index in [4.69, 9.17) is 9.97 Å². The lowest BCUT2D eigenvalue weighted by Crippen LogP contribution is -2.15. The first-order chi connectivity index (χ1) is 70.7. The zero-order valence-electron chi connectivity index (χ0n) is 80.3. The largest absolute Gasteiger partial charge is 0.309 e. The SMILES string of the molecule is CC1(C)c2ccccc2-c2ccc(-n3c4ccccc4c4cc(-c5ccc6c(c5)c5ccccc5n6-c5ccc(-c6ccc7c8c(cccc68)-c6nc(-c8cccc(-n9c%10ccc(-c%11ccc%12c(c%11)c%11ccccc%11n%12-c%11ccc%12c(c%11)C(C)(C)c%11ccccc%11-%12)cc%10c%10cc(-c%11ccc%12c(c%11)c%11ccccc%11n%12-c%11ccc%12c(c%11)C(C)(C)c%11ccccc%11-%12)ccc%109)c8)nc(-c8ccccc8)c6-7)cc5)ccc43)cc21. The molecule has 0 spiro atoms. The van der Waals surface area contributed by atoms with Crippen LogP contribution in [0.4, 0.5) is 0 Å². The average molecular weight is 1840 g/mol. The molecule has 0 bridgehead atoms. The summed E-state index contributed by atoms with van der Waals surface area (Å²) < 4.78 is 12.3. The highest BCUT2D eigenvalue weighted by Crippen LogP contribution is 2.57. The quantitative estimate of drug-likeness (QED) is 0.130. The third kappa shape index (κ3) is 11.3. The Labute approximate surface area is 832 Å². The van der Waals surface area contributed by atoms with E-state index in [2.05, 4.69) is 507 Å². The number of para-hydroxylation sites is 4. The molecule has 0 aliphatic heterocycles. The van der Waals surface area contributed by atoms with Crippen LogP contribution in [0, 0.1) is 0 Å². The zero-order valence-corrected chi connectivity index (χ0v) is 80.3. The van der Waals surface area contributed by atoms with Gasteiger partial charge < -0.3 is 22.8 Å². The van der Waals surface area contributed by atoms with Crippen LogP contribution in [0.1, 0.15) is 74.9 Å². The van der Waals surface area contributed by atoms with Crippen molar-refractivity contribution in [3.8, 4) is 151 Å². The predicted molar refractivity (Wildman–Crippen MR) is 601 cm³/mol. The molecule has 0 saturated heterocycles. The Balaban J connectivity index is 0.506. The minimum Gasteiger partial charge on any atom is -0.309 e. The summed E-state index contributed by atoms with van der Waals surface area (Å²) in [4.78, 5) is 11.6. The Morgan fingerprint density at radius 3 is 0.840 bits per heavy atom. The van der Waals surface area contributed by atoms with Crippen molar-refractivity contribution in [2.75, 3.05) is 0 Å². The molecule has 7 heteroatoms. The minimum atomic E-state index is -0.138. The second-order valence-electron chi connectivity index (χ2n) is 41.8. The first kappa shape index (κ1) is 80.9. The molecule has 0 atom stereocenters. The lowest BCUT2D eigenvalue weighted by Gasteiger charge is -2.22. The molecule has 7 nitrogen and oxygen atoms in total. The highest BCUT2D eigenvalue weighted by molar-refractivity contribution is 6.22. The smallest absolute Gasteiger partial charge is 0.160 e. The molecule has 0 radical (unpaired) electrons. The molecule has 6 aromatic heterocycles. The van der Waals surface area contributed by atoms with Gasteiger partial charge in [0.05, 0.1) is 66.6 Å². The molecule has 0 unspecified atom stereocenters. The standard InChI is InChI=1S/C137H91N7/c1-135(2)114-39-17-10-30-95(114)98-59-56-91(77-117(98)135)142-121-43-21-14-34-102(121)109-72-83(49-65-125(109)142)82-48-64-124-108(71-82)101-33-13-20-42-120(101)140(124)89-54-46-80(47-55-89)94-62-63-106-130-105(94)37-25-38-107(130)133-131(106)132(81-26-8-7-9-27-81)138-134(139-133)88-28-24-29-90(70-88)141-128-68-52-86(84-50-66-126-110(73-84)103-35-15-22-44-122(103)143(126)92-57-60-99-96-31-11-18-40-115(96)136(3,4)118(99)78-92)75-112(128)113-76-87(53-69-129(113)141)85-51-67-127-111(74-85)104-36-16-23-45-123(104)144(127)93-58-61-100-97-32-12-19-41-116(97)137(5,6)119(100)79-93/h7-79H,1-6H3. The van der Waals surface area contributed by atoms with Gasteiger partial charge in [-0.1, -0.05) is 327 Å². The first-order valence-electron chi connectivity index (χ1n) is 50.4. The molecule has 144 heavy (non-hydrogen) atoms. The fourth-order valence-corrected chi connectivity index (χ4v) is 26.4. The van der Waals surface area contributed by atoms with E-state index in [9.17, 15) is 0 Å². The van der Waals surface area contributed by atoms with Gasteiger partial charge in [0.1, 0.15) is 0 Å². The Kier molecular flexibility index (Phi) is 16.6. The summed E-state index contributed by atoms with van der Waals surface area (Å²) in [6, 6.07) is 167. The van der Waals surface area contributed by atoms with E-state index in [0.717, 1.165) is 111 Å². The molecule has 0 saturated carbocycles. The normalized spacial score (nSPS) is 13.8. The third-order valence-electron chi connectivity index (χ3n) is 33.3. The Bertz CT molecular complexity index is 10100. The van der Waals surface area contributed by atoms with E-state index in [1.165, 1.54) is 187 Å². The maximum absolute atomic E-state index is 5.80. The summed E-state index contributed by atoms with van der Waals surface area (Å²) in [6.45, 7) is 14.2. The van der Waals surface area contributed by atoms with Gasteiger partial charge in [0.15, 0.2) is 5.82 Å². The van der Waals surface area contributed by atoms with Gasteiger partial charge in [0, 0.05) is 121 Å². The monoisotopic (exact) mass is 1830 g/mol. The molecule has 4 aliphatic carbocycles. The summed E-state index contributed by atoms with van der Waals surface area (Å²) in [7, 11) is 0. The molecule has 21 aromatic carbocycles. The molecule has 0 N–H and O–H groups in total. The van der Waals surface area contributed by atoms with Gasteiger partial charge in [-0.3, -0.25) is 0 Å². The Hall–Kier alpha value is -18.0. The van der Waals surface area contributed by atoms with Crippen molar-refractivity contribution in [3.63, 3.8) is 0 Å². The highest BCUT2D eigenvalue weighted by atomic mass is 15.0. The molecule has 31 rings (SSSR count). The van der Waals surface area contributed by atoms with Crippen LogP contribution in [0.25, 0.3) is 271 Å². The van der Waals surface area contributed by atoms with Crippen molar-refractivity contribution >= 4 is 120 Å². The topological polar surface area (TPSA) is 50.4 Å². The molecule has 0 amide bonds. The molecule has 27 aromatic rings. The van der Waals surface area contributed by atoms with E-state index in [0.29, 0.717) is 5.82 Å². The van der Waals surface area contributed by atoms with E-state index >= 15 is 0 Å². The lowest BCUT2D eigenvalue weighted by molar-refractivity contribution is 0.660. The number of hydrogen-bond acceptors (Lipinski definition) is 2. The van der Waals surface area contributed by atoms with Gasteiger partial charge in [-0.2, -0.15) is 0 Å². The van der Waals surface area contributed by atoms with Crippen molar-refractivity contribution in [1.29, 1.82) is 0 Å². The average Bonchev–Trinajstić information content (AvgIpc) is 1.43. The summed E-state index contributed by atoms with van der Waals surface area (Å²) in [5.74, 6) is 0.662. The van der Waals surface area contributed by atoms with Gasteiger partial charge in [-0.05, 0) is 285 Å². The second-order valence-corrected chi connectivity index (χ2v) is 41.8. The van der Waals surface area contributed by atoms with Crippen LogP contribution >= 0.6 is 0 Å². The summed E-state index contributed by atoms with van der Waals surface area (Å²) >= 11 is 0. The van der Waals surface area contributed by atoms with Crippen LogP contribution in [-0.4, -0.2) is 32.8 Å². The first-order valence-corrected chi connectivity index (χ1v) is 50.4. The van der Waals surface area contributed by atoms with Gasteiger partial charge in [-0.25, -0.2) is 9.97 Å². The number of fused-ring (bicyclic) bond motifs is 27. The lowest BCUT2D eigenvalue weighted by atomic mass is 9.82. The highest BCUT2D eigenvalue weighted by Gasteiger charge is 2.40. The Morgan fingerprint density at radius 2 is 0.438 bits per heavy atom. The van der Waals surface area contributed by atoms with Gasteiger partial charge in [0.25, 0.3) is 0 Å². The maximum atomic E-state index is 5.80. The predicted octanol–water partition coefficient (Wildman–Crippen LogP) is 35.7. The molecule has 6 heterocycles. The van der Waals surface area contributed by atoms with Crippen LogP contribution in [0.15, 0.2) is 443 Å². The van der Waals surface area contributed by atoms with Crippen molar-refractivity contribution in [1.82, 2.24) is 32.8 Å².